The Morgan fingerprint density at radius 2 is 2.36 bits per heavy atom. The largest absolute Gasteiger partial charge is 0.320 e. The first-order valence-electron chi connectivity index (χ1n) is 8.17. The second kappa shape index (κ2) is 8.04. The maximum absolute atomic E-state index is 12.0. The molecule has 5 nitrogen and oxygen atoms in total. The molecule has 0 bridgehead atoms. The second-order valence-corrected chi connectivity index (χ2v) is 7.71. The van der Waals surface area contributed by atoms with Gasteiger partial charge < -0.3 is 11.1 Å². The Hall–Kier alpha value is -0.980. The summed E-state index contributed by atoms with van der Waals surface area (Å²) in [7, 11) is 0. The van der Waals surface area contributed by atoms with Gasteiger partial charge in [0, 0.05) is 18.5 Å². The molecule has 1 fully saturated rings. The molecule has 1 aliphatic heterocycles. The summed E-state index contributed by atoms with van der Waals surface area (Å²) in [5.41, 5.74) is 6.93. The van der Waals surface area contributed by atoms with Crippen LogP contribution in [0.1, 0.15) is 45.7 Å². The Bertz CT molecular complexity index is 488. The highest BCUT2D eigenvalue weighted by molar-refractivity contribution is 7.13. The number of aromatic nitrogens is 1. The Morgan fingerprint density at radius 1 is 1.59 bits per heavy atom. The standard InChI is InChI=1S/C16H28N4OS/c1-11(2)7-14(17)15(21)19-16-18-13(10-22-16)9-20-6-4-5-12(3)8-20/h10-12,14H,4-9,17H2,1-3H3,(H,18,19,21)/t12?,14-/m0/s1. The molecule has 0 aromatic carbocycles. The minimum Gasteiger partial charge on any atom is -0.320 e. The van der Waals surface area contributed by atoms with Gasteiger partial charge in [-0.3, -0.25) is 9.69 Å². The minimum absolute atomic E-state index is 0.138. The fourth-order valence-electron chi connectivity index (χ4n) is 2.91. The number of hydrogen-bond donors (Lipinski definition) is 2. The van der Waals surface area contributed by atoms with E-state index in [1.807, 2.05) is 5.38 Å². The molecule has 0 radical (unpaired) electrons. The third-order valence-electron chi connectivity index (χ3n) is 3.97. The van der Waals surface area contributed by atoms with Crippen molar-refractivity contribution in [2.45, 2.75) is 52.6 Å². The van der Waals surface area contributed by atoms with Crippen molar-refractivity contribution < 1.29 is 4.79 Å². The number of carbonyl (C=O) groups excluding carboxylic acids is 1. The third kappa shape index (κ3) is 5.34. The number of likely N-dealkylation sites (tertiary alicyclic amines) is 1. The summed E-state index contributed by atoms with van der Waals surface area (Å²) in [5, 5.41) is 5.53. The van der Waals surface area contributed by atoms with E-state index in [0.717, 1.165) is 31.2 Å². The molecule has 2 atom stereocenters. The van der Waals surface area contributed by atoms with E-state index >= 15 is 0 Å². The first-order valence-corrected chi connectivity index (χ1v) is 9.05. The molecule has 1 aromatic rings. The Labute approximate surface area is 137 Å². The molecule has 22 heavy (non-hydrogen) atoms. The van der Waals surface area contributed by atoms with Gasteiger partial charge >= 0.3 is 0 Å². The SMILES string of the molecule is CC(C)C[C@H](N)C(=O)Nc1nc(CN2CCCC(C)C2)cs1. The van der Waals surface area contributed by atoms with Crippen LogP contribution in [0.15, 0.2) is 5.38 Å². The number of nitrogens with two attached hydrogens (primary N) is 1. The molecule has 1 aliphatic rings. The van der Waals surface area contributed by atoms with Gasteiger partial charge in [0.1, 0.15) is 0 Å². The van der Waals surface area contributed by atoms with E-state index < -0.39 is 6.04 Å². The summed E-state index contributed by atoms with van der Waals surface area (Å²) >= 11 is 1.48. The van der Waals surface area contributed by atoms with Crippen molar-refractivity contribution in [2.24, 2.45) is 17.6 Å². The molecule has 1 saturated heterocycles. The Balaban J connectivity index is 1.84. The number of carbonyl (C=O) groups is 1. The molecular weight excluding hydrogens is 296 g/mol. The smallest absolute Gasteiger partial charge is 0.243 e. The number of rotatable bonds is 6. The molecule has 0 spiro atoms. The van der Waals surface area contributed by atoms with E-state index in [0.29, 0.717) is 17.5 Å². The highest BCUT2D eigenvalue weighted by Gasteiger charge is 2.19. The van der Waals surface area contributed by atoms with Gasteiger partial charge in [0.2, 0.25) is 5.91 Å². The van der Waals surface area contributed by atoms with Crippen LogP contribution in [0.3, 0.4) is 0 Å². The monoisotopic (exact) mass is 324 g/mol. The highest BCUT2D eigenvalue weighted by atomic mass is 32.1. The summed E-state index contributed by atoms with van der Waals surface area (Å²) in [6.07, 6.45) is 3.28. The summed E-state index contributed by atoms with van der Waals surface area (Å²) < 4.78 is 0. The molecule has 1 amide bonds. The molecule has 1 unspecified atom stereocenters. The van der Waals surface area contributed by atoms with Crippen molar-refractivity contribution in [3.05, 3.63) is 11.1 Å². The van der Waals surface area contributed by atoms with E-state index in [1.54, 1.807) is 0 Å². The van der Waals surface area contributed by atoms with E-state index in [4.69, 9.17) is 5.73 Å². The lowest BCUT2D eigenvalue weighted by Crippen LogP contribution is -2.36. The lowest BCUT2D eigenvalue weighted by atomic mass is 10.0. The summed E-state index contributed by atoms with van der Waals surface area (Å²) in [4.78, 5) is 19.0. The predicted molar refractivity (Wildman–Crippen MR) is 91.8 cm³/mol. The number of hydrogen-bond acceptors (Lipinski definition) is 5. The molecule has 3 N–H and O–H groups in total. The van der Waals surface area contributed by atoms with Crippen LogP contribution < -0.4 is 11.1 Å². The predicted octanol–water partition coefficient (Wildman–Crippen LogP) is 2.69. The van der Waals surface area contributed by atoms with Crippen molar-refractivity contribution >= 4 is 22.4 Å². The number of piperidine rings is 1. The topological polar surface area (TPSA) is 71.2 Å². The van der Waals surface area contributed by atoms with Crippen LogP contribution in [0.25, 0.3) is 0 Å². The van der Waals surface area contributed by atoms with Crippen LogP contribution in [-0.4, -0.2) is 34.9 Å². The van der Waals surface area contributed by atoms with Gasteiger partial charge in [-0.15, -0.1) is 11.3 Å². The number of nitrogens with zero attached hydrogens (tertiary/aromatic N) is 2. The molecule has 1 aromatic heterocycles. The van der Waals surface area contributed by atoms with Gasteiger partial charge in [-0.1, -0.05) is 20.8 Å². The van der Waals surface area contributed by atoms with Crippen molar-refractivity contribution in [3.8, 4) is 0 Å². The molecule has 0 aliphatic carbocycles. The van der Waals surface area contributed by atoms with Crippen LogP contribution in [0.2, 0.25) is 0 Å². The van der Waals surface area contributed by atoms with Gasteiger partial charge in [-0.05, 0) is 37.6 Å². The highest BCUT2D eigenvalue weighted by Crippen LogP contribution is 2.21. The number of anilines is 1. The van der Waals surface area contributed by atoms with E-state index in [9.17, 15) is 4.79 Å². The van der Waals surface area contributed by atoms with Crippen LogP contribution in [0.5, 0.6) is 0 Å². The summed E-state index contributed by atoms with van der Waals surface area (Å²) in [6, 6.07) is -0.463. The number of amides is 1. The molecule has 2 rings (SSSR count). The van der Waals surface area contributed by atoms with Crippen LogP contribution >= 0.6 is 11.3 Å². The Kier molecular flexibility index (Phi) is 6.35. The number of nitrogens with one attached hydrogen (secondary N) is 1. The van der Waals surface area contributed by atoms with Crippen molar-refractivity contribution in [3.63, 3.8) is 0 Å². The maximum atomic E-state index is 12.0. The average molecular weight is 324 g/mol. The van der Waals surface area contributed by atoms with E-state index in [1.165, 1.54) is 24.2 Å². The molecule has 6 heteroatoms. The fraction of sp³-hybridized carbons (Fsp3) is 0.750. The van der Waals surface area contributed by atoms with Gasteiger partial charge in [0.15, 0.2) is 5.13 Å². The first-order chi connectivity index (χ1) is 10.4. The molecule has 2 heterocycles. The van der Waals surface area contributed by atoms with E-state index in [-0.39, 0.29) is 5.91 Å². The van der Waals surface area contributed by atoms with Crippen molar-refractivity contribution in [1.29, 1.82) is 0 Å². The normalized spacial score (nSPS) is 21.0. The molecule has 0 saturated carbocycles. The lowest BCUT2D eigenvalue weighted by Gasteiger charge is -2.30. The minimum atomic E-state index is -0.463. The van der Waals surface area contributed by atoms with Gasteiger partial charge in [-0.25, -0.2) is 4.98 Å². The quantitative estimate of drug-likeness (QED) is 0.844. The maximum Gasteiger partial charge on any atom is 0.243 e. The lowest BCUT2D eigenvalue weighted by molar-refractivity contribution is -0.117. The van der Waals surface area contributed by atoms with Gasteiger partial charge in [0.05, 0.1) is 11.7 Å². The van der Waals surface area contributed by atoms with Crippen molar-refractivity contribution in [2.75, 3.05) is 18.4 Å². The molecule has 124 valence electrons. The zero-order chi connectivity index (χ0) is 16.1. The number of thiazole rings is 1. The van der Waals surface area contributed by atoms with Gasteiger partial charge in [0.25, 0.3) is 0 Å². The zero-order valence-corrected chi connectivity index (χ0v) is 14.7. The summed E-state index contributed by atoms with van der Waals surface area (Å²) in [5.74, 6) is 1.04. The third-order valence-corrected chi connectivity index (χ3v) is 4.78. The van der Waals surface area contributed by atoms with E-state index in [2.05, 4.69) is 36.0 Å². The first kappa shape index (κ1) is 17.4. The van der Waals surface area contributed by atoms with Gasteiger partial charge in [-0.2, -0.15) is 0 Å². The summed E-state index contributed by atoms with van der Waals surface area (Å²) in [6.45, 7) is 9.58. The zero-order valence-electron chi connectivity index (χ0n) is 13.8. The average Bonchev–Trinajstić information content (AvgIpc) is 2.85. The Morgan fingerprint density at radius 3 is 3.05 bits per heavy atom. The van der Waals surface area contributed by atoms with Crippen molar-refractivity contribution in [1.82, 2.24) is 9.88 Å². The van der Waals surface area contributed by atoms with Crippen LogP contribution in [0, 0.1) is 11.8 Å². The fourth-order valence-corrected chi connectivity index (χ4v) is 3.61. The van der Waals surface area contributed by atoms with Crippen LogP contribution in [-0.2, 0) is 11.3 Å². The second-order valence-electron chi connectivity index (χ2n) is 6.85. The molecular formula is C16H28N4OS. The van der Waals surface area contributed by atoms with Crippen LogP contribution in [0.4, 0.5) is 5.13 Å².